The van der Waals surface area contributed by atoms with E-state index in [4.69, 9.17) is 0 Å². The maximum Gasteiger partial charge on any atom is 0.222 e. The van der Waals surface area contributed by atoms with Crippen LogP contribution in [0.5, 0.6) is 0 Å². The van der Waals surface area contributed by atoms with Crippen molar-refractivity contribution in [3.05, 3.63) is 35.9 Å². The molecule has 2 aliphatic rings. The van der Waals surface area contributed by atoms with E-state index >= 15 is 0 Å². The zero-order valence-corrected chi connectivity index (χ0v) is 14.3. The standard InChI is InChI=1S/C19H29N3O/c1-20-9-5-8-18(15-20)14-19(23)22-12-10-21(11-13-22)16-17-6-3-2-4-7-17/h2-4,6-7,18H,5,8-16H2,1H3. The number of carbonyl (C=O) groups is 1. The van der Waals surface area contributed by atoms with E-state index < -0.39 is 0 Å². The molecule has 0 radical (unpaired) electrons. The molecule has 1 unspecified atom stereocenters. The summed E-state index contributed by atoms with van der Waals surface area (Å²) in [7, 11) is 2.17. The summed E-state index contributed by atoms with van der Waals surface area (Å²) in [4.78, 5) is 19.4. The highest BCUT2D eigenvalue weighted by Crippen LogP contribution is 2.20. The fraction of sp³-hybridized carbons (Fsp3) is 0.632. The monoisotopic (exact) mass is 315 g/mol. The van der Waals surface area contributed by atoms with Gasteiger partial charge in [-0.25, -0.2) is 0 Å². The normalized spacial score (nSPS) is 23.9. The van der Waals surface area contributed by atoms with Crippen molar-refractivity contribution in [3.63, 3.8) is 0 Å². The van der Waals surface area contributed by atoms with Crippen LogP contribution < -0.4 is 0 Å². The molecule has 1 aromatic carbocycles. The second-order valence-electron chi connectivity index (χ2n) is 7.12. The van der Waals surface area contributed by atoms with Crippen LogP contribution in [0.1, 0.15) is 24.8 Å². The Hall–Kier alpha value is -1.39. The summed E-state index contributed by atoms with van der Waals surface area (Å²) < 4.78 is 0. The van der Waals surface area contributed by atoms with E-state index in [1.54, 1.807) is 0 Å². The molecule has 0 spiro atoms. The fourth-order valence-corrected chi connectivity index (χ4v) is 3.81. The molecule has 4 nitrogen and oxygen atoms in total. The van der Waals surface area contributed by atoms with Gasteiger partial charge in [0.1, 0.15) is 0 Å². The van der Waals surface area contributed by atoms with Gasteiger partial charge in [0.05, 0.1) is 0 Å². The quantitative estimate of drug-likeness (QED) is 0.851. The number of hydrogen-bond donors (Lipinski definition) is 0. The van der Waals surface area contributed by atoms with Crippen LogP contribution in [-0.4, -0.2) is 66.9 Å². The SMILES string of the molecule is CN1CCCC(CC(=O)N2CCN(Cc3ccccc3)CC2)C1. The van der Waals surface area contributed by atoms with E-state index in [2.05, 4.69) is 52.1 Å². The summed E-state index contributed by atoms with van der Waals surface area (Å²) in [6.45, 7) is 7.01. The first-order valence-electron chi connectivity index (χ1n) is 8.93. The maximum atomic E-state index is 12.5. The van der Waals surface area contributed by atoms with E-state index in [1.807, 2.05) is 0 Å². The molecule has 2 aliphatic heterocycles. The number of likely N-dealkylation sites (tertiary alicyclic amines) is 1. The number of rotatable bonds is 4. The largest absolute Gasteiger partial charge is 0.340 e. The van der Waals surface area contributed by atoms with Crippen LogP contribution in [-0.2, 0) is 11.3 Å². The molecule has 2 heterocycles. The molecular formula is C19H29N3O. The summed E-state index contributed by atoms with van der Waals surface area (Å²) in [6, 6.07) is 10.6. The molecule has 0 aliphatic carbocycles. The number of amides is 1. The number of benzene rings is 1. The second-order valence-corrected chi connectivity index (χ2v) is 7.12. The lowest BCUT2D eigenvalue weighted by Crippen LogP contribution is -2.49. The van der Waals surface area contributed by atoms with Gasteiger partial charge in [-0.05, 0) is 37.9 Å². The fourth-order valence-electron chi connectivity index (χ4n) is 3.81. The van der Waals surface area contributed by atoms with Crippen molar-refractivity contribution < 1.29 is 4.79 Å². The molecule has 0 N–H and O–H groups in total. The minimum absolute atomic E-state index is 0.365. The van der Waals surface area contributed by atoms with E-state index in [0.29, 0.717) is 11.8 Å². The van der Waals surface area contributed by atoms with Crippen LogP contribution in [0, 0.1) is 5.92 Å². The first-order chi connectivity index (χ1) is 11.2. The van der Waals surface area contributed by atoms with Gasteiger partial charge in [0, 0.05) is 45.7 Å². The maximum absolute atomic E-state index is 12.5. The highest BCUT2D eigenvalue weighted by molar-refractivity contribution is 5.76. The van der Waals surface area contributed by atoms with E-state index in [1.165, 1.54) is 24.9 Å². The molecule has 2 saturated heterocycles. The number of hydrogen-bond acceptors (Lipinski definition) is 3. The molecule has 0 saturated carbocycles. The van der Waals surface area contributed by atoms with E-state index in [9.17, 15) is 4.79 Å². The van der Waals surface area contributed by atoms with Gasteiger partial charge in [-0.3, -0.25) is 9.69 Å². The predicted octanol–water partition coefficient (Wildman–Crippen LogP) is 2.06. The summed E-state index contributed by atoms with van der Waals surface area (Å²) in [5.41, 5.74) is 1.36. The summed E-state index contributed by atoms with van der Waals surface area (Å²) in [5, 5.41) is 0. The minimum atomic E-state index is 0.365. The summed E-state index contributed by atoms with van der Waals surface area (Å²) in [6.07, 6.45) is 3.19. The minimum Gasteiger partial charge on any atom is -0.340 e. The number of piperazine rings is 1. The molecule has 0 aromatic heterocycles. The topological polar surface area (TPSA) is 26.8 Å². The van der Waals surface area contributed by atoms with Crippen LogP contribution >= 0.6 is 0 Å². The number of piperidine rings is 1. The Morgan fingerprint density at radius 1 is 1.09 bits per heavy atom. The highest BCUT2D eigenvalue weighted by Gasteiger charge is 2.25. The van der Waals surface area contributed by atoms with Gasteiger partial charge >= 0.3 is 0 Å². The van der Waals surface area contributed by atoms with Gasteiger partial charge in [0.15, 0.2) is 0 Å². The van der Waals surface area contributed by atoms with Crippen molar-refractivity contribution in [2.45, 2.75) is 25.8 Å². The lowest BCUT2D eigenvalue weighted by Gasteiger charge is -2.36. The van der Waals surface area contributed by atoms with Gasteiger partial charge < -0.3 is 9.80 Å². The van der Waals surface area contributed by atoms with E-state index in [-0.39, 0.29) is 0 Å². The van der Waals surface area contributed by atoms with Crippen molar-refractivity contribution in [1.29, 1.82) is 0 Å². The van der Waals surface area contributed by atoms with Crippen LogP contribution in [0.3, 0.4) is 0 Å². The Morgan fingerprint density at radius 3 is 2.52 bits per heavy atom. The molecule has 2 fully saturated rings. The Kier molecular flexibility index (Phi) is 5.68. The third-order valence-corrected chi connectivity index (χ3v) is 5.16. The Balaban J connectivity index is 1.42. The first kappa shape index (κ1) is 16.5. The summed E-state index contributed by atoms with van der Waals surface area (Å²) in [5.74, 6) is 0.924. The van der Waals surface area contributed by atoms with Crippen molar-refractivity contribution >= 4 is 5.91 Å². The van der Waals surface area contributed by atoms with Crippen molar-refractivity contribution in [2.24, 2.45) is 5.92 Å². The third-order valence-electron chi connectivity index (χ3n) is 5.16. The van der Waals surface area contributed by atoms with Crippen molar-refractivity contribution in [2.75, 3.05) is 46.3 Å². The number of nitrogens with zero attached hydrogens (tertiary/aromatic N) is 3. The molecule has 3 rings (SSSR count). The van der Waals surface area contributed by atoms with Gasteiger partial charge in [-0.15, -0.1) is 0 Å². The molecule has 1 aromatic rings. The first-order valence-corrected chi connectivity index (χ1v) is 8.93. The van der Waals surface area contributed by atoms with Crippen molar-refractivity contribution in [3.8, 4) is 0 Å². The Labute approximate surface area is 140 Å². The van der Waals surface area contributed by atoms with Gasteiger partial charge in [-0.2, -0.15) is 0 Å². The predicted molar refractivity (Wildman–Crippen MR) is 93.1 cm³/mol. The average Bonchev–Trinajstić information content (AvgIpc) is 2.56. The van der Waals surface area contributed by atoms with Crippen molar-refractivity contribution in [1.82, 2.24) is 14.7 Å². The van der Waals surface area contributed by atoms with Crippen LogP contribution in [0.25, 0.3) is 0 Å². The molecular weight excluding hydrogens is 286 g/mol. The third kappa shape index (κ3) is 4.79. The lowest BCUT2D eigenvalue weighted by atomic mass is 9.94. The number of carbonyl (C=O) groups excluding carboxylic acids is 1. The zero-order valence-electron chi connectivity index (χ0n) is 14.3. The summed E-state index contributed by atoms with van der Waals surface area (Å²) >= 11 is 0. The molecule has 0 bridgehead atoms. The van der Waals surface area contributed by atoms with Crippen LogP contribution in [0.4, 0.5) is 0 Å². The average molecular weight is 315 g/mol. The molecule has 4 heteroatoms. The lowest BCUT2D eigenvalue weighted by molar-refractivity contribution is -0.134. The van der Waals surface area contributed by atoms with Gasteiger partial charge in [0.2, 0.25) is 5.91 Å². The van der Waals surface area contributed by atoms with E-state index in [0.717, 1.165) is 45.7 Å². The molecule has 1 atom stereocenters. The van der Waals surface area contributed by atoms with Gasteiger partial charge in [-0.1, -0.05) is 30.3 Å². The molecule has 1 amide bonds. The second kappa shape index (κ2) is 7.93. The van der Waals surface area contributed by atoms with Crippen LogP contribution in [0.2, 0.25) is 0 Å². The van der Waals surface area contributed by atoms with Crippen LogP contribution in [0.15, 0.2) is 30.3 Å². The Bertz CT molecular complexity index is 497. The van der Waals surface area contributed by atoms with Gasteiger partial charge in [0.25, 0.3) is 0 Å². The zero-order chi connectivity index (χ0) is 16.1. The highest BCUT2D eigenvalue weighted by atomic mass is 16.2. The molecule has 126 valence electrons. The molecule has 23 heavy (non-hydrogen) atoms. The Morgan fingerprint density at radius 2 is 1.83 bits per heavy atom. The smallest absolute Gasteiger partial charge is 0.222 e.